The van der Waals surface area contributed by atoms with Gasteiger partial charge < -0.3 is 5.32 Å². The van der Waals surface area contributed by atoms with Crippen molar-refractivity contribution in [3.63, 3.8) is 0 Å². The van der Waals surface area contributed by atoms with Gasteiger partial charge in [-0.25, -0.2) is 4.98 Å². The van der Waals surface area contributed by atoms with Crippen LogP contribution >= 0.6 is 0 Å². The van der Waals surface area contributed by atoms with Crippen molar-refractivity contribution in [2.45, 2.75) is 32.1 Å². The lowest BCUT2D eigenvalue weighted by Gasteiger charge is -2.09. The second-order valence-corrected chi connectivity index (χ2v) is 7.26. The van der Waals surface area contributed by atoms with Crippen molar-refractivity contribution in [3.05, 3.63) is 69.7 Å². The summed E-state index contributed by atoms with van der Waals surface area (Å²) in [5.74, 6) is 0.392. The van der Waals surface area contributed by atoms with E-state index in [2.05, 4.69) is 20.5 Å². The maximum atomic E-state index is 13.0. The van der Waals surface area contributed by atoms with Crippen molar-refractivity contribution in [2.75, 3.05) is 0 Å². The molecule has 1 N–H and O–H groups in total. The summed E-state index contributed by atoms with van der Waals surface area (Å²) in [6.07, 6.45) is -2.05. The number of amides is 1. The first-order valence-electron chi connectivity index (χ1n) is 9.54. The third-order valence-electron chi connectivity index (χ3n) is 5.29. The number of aryl methyl sites for hydroxylation is 1. The summed E-state index contributed by atoms with van der Waals surface area (Å²) in [4.78, 5) is 29.6. The normalized spacial score (nSPS) is 13.6. The van der Waals surface area contributed by atoms with E-state index >= 15 is 0 Å². The Labute approximate surface area is 172 Å². The van der Waals surface area contributed by atoms with E-state index in [1.165, 1.54) is 22.6 Å². The molecule has 0 spiro atoms. The highest BCUT2D eigenvalue weighted by atomic mass is 19.4. The van der Waals surface area contributed by atoms with Gasteiger partial charge >= 0.3 is 6.18 Å². The lowest BCUT2D eigenvalue weighted by atomic mass is 10.1. The van der Waals surface area contributed by atoms with Crippen LogP contribution in [-0.2, 0) is 25.7 Å². The molecule has 4 heterocycles. The molecule has 0 bridgehead atoms. The summed E-state index contributed by atoms with van der Waals surface area (Å²) in [5.41, 5.74) is -0.00571. The Morgan fingerprint density at radius 3 is 2.81 bits per heavy atom. The molecular formula is C20H15F3N6O2. The van der Waals surface area contributed by atoms with Gasteiger partial charge in [0, 0.05) is 24.7 Å². The van der Waals surface area contributed by atoms with E-state index in [9.17, 15) is 22.8 Å². The Balaban J connectivity index is 1.40. The van der Waals surface area contributed by atoms with Gasteiger partial charge in [-0.3, -0.25) is 18.6 Å². The van der Waals surface area contributed by atoms with Crippen molar-refractivity contribution < 1.29 is 18.0 Å². The zero-order valence-corrected chi connectivity index (χ0v) is 16.0. The predicted octanol–water partition coefficient (Wildman–Crippen LogP) is 2.33. The molecule has 0 saturated carbocycles. The molecule has 11 heteroatoms. The minimum atomic E-state index is -4.50. The van der Waals surface area contributed by atoms with Crippen molar-refractivity contribution in [2.24, 2.45) is 0 Å². The van der Waals surface area contributed by atoms with Crippen molar-refractivity contribution in [1.82, 2.24) is 29.5 Å². The van der Waals surface area contributed by atoms with Crippen molar-refractivity contribution in [3.8, 4) is 0 Å². The van der Waals surface area contributed by atoms with Crippen LogP contribution in [0.2, 0.25) is 0 Å². The number of benzene rings is 1. The quantitative estimate of drug-likeness (QED) is 0.541. The highest BCUT2D eigenvalue weighted by Crippen LogP contribution is 2.29. The van der Waals surface area contributed by atoms with Crippen LogP contribution in [-0.4, -0.2) is 30.1 Å². The predicted molar refractivity (Wildman–Crippen MR) is 103 cm³/mol. The average Bonchev–Trinajstić information content (AvgIpc) is 3.37. The molecule has 0 aliphatic carbocycles. The monoisotopic (exact) mass is 428 g/mol. The summed E-state index contributed by atoms with van der Waals surface area (Å²) < 4.78 is 41.8. The standard InChI is InChI=1S/C20H15F3N6O2/c21-20(22,23)12-4-6-16-26-27-17(29(16)10-12)9-24-18(30)11-3-5-13-14(8-11)25-15-2-1-7-28(15)19(13)31/h3-6,8,10H,1-2,7,9H2,(H,24,30). The molecule has 5 rings (SSSR count). The van der Waals surface area contributed by atoms with Crippen LogP contribution in [0, 0.1) is 0 Å². The number of fused-ring (bicyclic) bond motifs is 3. The molecule has 0 saturated heterocycles. The largest absolute Gasteiger partial charge is 0.417 e. The number of hydrogen-bond acceptors (Lipinski definition) is 5. The Morgan fingerprint density at radius 2 is 2.00 bits per heavy atom. The van der Waals surface area contributed by atoms with Gasteiger partial charge in [0.25, 0.3) is 11.5 Å². The summed E-state index contributed by atoms with van der Waals surface area (Å²) in [5, 5.41) is 10.7. The zero-order valence-electron chi connectivity index (χ0n) is 16.0. The number of pyridine rings is 1. The topological polar surface area (TPSA) is 94.2 Å². The van der Waals surface area contributed by atoms with Crippen LogP contribution < -0.4 is 10.9 Å². The van der Waals surface area contributed by atoms with Gasteiger partial charge in [0.05, 0.1) is 23.0 Å². The average molecular weight is 428 g/mol. The second-order valence-electron chi connectivity index (χ2n) is 7.26. The maximum Gasteiger partial charge on any atom is 0.417 e. The summed E-state index contributed by atoms with van der Waals surface area (Å²) in [6.45, 7) is 0.515. The number of rotatable bonds is 3. The zero-order chi connectivity index (χ0) is 21.8. The van der Waals surface area contributed by atoms with Crippen LogP contribution in [0.25, 0.3) is 16.6 Å². The minimum Gasteiger partial charge on any atom is -0.345 e. The van der Waals surface area contributed by atoms with E-state index in [1.807, 2.05) is 0 Å². The second kappa shape index (κ2) is 6.89. The minimum absolute atomic E-state index is 0.125. The first kappa shape index (κ1) is 19.2. The summed E-state index contributed by atoms with van der Waals surface area (Å²) in [7, 11) is 0. The van der Waals surface area contributed by atoms with Gasteiger partial charge in [0.1, 0.15) is 5.82 Å². The Morgan fingerprint density at radius 1 is 1.16 bits per heavy atom. The van der Waals surface area contributed by atoms with Crippen LogP contribution in [0.3, 0.4) is 0 Å². The fourth-order valence-corrected chi connectivity index (χ4v) is 3.71. The van der Waals surface area contributed by atoms with Gasteiger partial charge in [-0.2, -0.15) is 13.2 Å². The molecule has 0 unspecified atom stereocenters. The molecule has 31 heavy (non-hydrogen) atoms. The smallest absolute Gasteiger partial charge is 0.345 e. The molecule has 158 valence electrons. The van der Waals surface area contributed by atoms with E-state index in [1.54, 1.807) is 10.6 Å². The van der Waals surface area contributed by atoms with Gasteiger partial charge in [-0.1, -0.05) is 0 Å². The lowest BCUT2D eigenvalue weighted by molar-refractivity contribution is -0.137. The van der Waals surface area contributed by atoms with Crippen molar-refractivity contribution in [1.29, 1.82) is 0 Å². The molecule has 0 fully saturated rings. The highest BCUT2D eigenvalue weighted by Gasteiger charge is 2.31. The number of nitrogens with one attached hydrogen (secondary N) is 1. The van der Waals surface area contributed by atoms with Gasteiger partial charge in [0.15, 0.2) is 11.5 Å². The SMILES string of the molecule is O=C(NCc1nnc2ccc(C(F)(F)F)cn12)c1ccc2c(=O)n3c(nc2c1)CCC3. The number of hydrogen-bond donors (Lipinski definition) is 1. The molecule has 0 radical (unpaired) electrons. The molecule has 1 amide bonds. The molecule has 1 aliphatic rings. The fourth-order valence-electron chi connectivity index (χ4n) is 3.71. The van der Waals surface area contributed by atoms with E-state index in [4.69, 9.17) is 0 Å². The number of carbonyl (C=O) groups is 1. The van der Waals surface area contributed by atoms with Crippen LogP contribution in [0.15, 0.2) is 41.3 Å². The van der Waals surface area contributed by atoms with Gasteiger partial charge in [-0.15, -0.1) is 10.2 Å². The van der Waals surface area contributed by atoms with Gasteiger partial charge in [0.2, 0.25) is 0 Å². The number of carbonyl (C=O) groups excluding carboxylic acids is 1. The number of nitrogens with zero attached hydrogens (tertiary/aromatic N) is 5. The molecular weight excluding hydrogens is 413 g/mol. The van der Waals surface area contributed by atoms with E-state index < -0.39 is 17.6 Å². The number of aromatic nitrogens is 5. The Bertz CT molecular complexity index is 1410. The van der Waals surface area contributed by atoms with E-state index in [-0.39, 0.29) is 29.1 Å². The molecule has 4 aromatic rings. The molecule has 0 atom stereocenters. The summed E-state index contributed by atoms with van der Waals surface area (Å²) in [6, 6.07) is 6.76. The first-order chi connectivity index (χ1) is 14.8. The van der Waals surface area contributed by atoms with Crippen LogP contribution in [0.1, 0.15) is 34.0 Å². The van der Waals surface area contributed by atoms with E-state index in [0.717, 1.165) is 18.7 Å². The third-order valence-corrected chi connectivity index (χ3v) is 5.29. The lowest BCUT2D eigenvalue weighted by Crippen LogP contribution is -2.25. The van der Waals surface area contributed by atoms with E-state index in [0.29, 0.717) is 29.7 Å². The highest BCUT2D eigenvalue weighted by molar-refractivity contribution is 5.97. The number of alkyl halides is 3. The Kier molecular flexibility index (Phi) is 4.27. The molecule has 3 aromatic heterocycles. The maximum absolute atomic E-state index is 13.0. The molecule has 1 aliphatic heterocycles. The van der Waals surface area contributed by atoms with Crippen LogP contribution in [0.5, 0.6) is 0 Å². The first-order valence-corrected chi connectivity index (χ1v) is 9.54. The Hall–Kier alpha value is -3.76. The van der Waals surface area contributed by atoms with Gasteiger partial charge in [-0.05, 0) is 36.8 Å². The van der Waals surface area contributed by atoms with Crippen molar-refractivity contribution >= 4 is 22.5 Å². The fraction of sp³-hybridized carbons (Fsp3) is 0.250. The molecule has 1 aromatic carbocycles. The number of halogens is 3. The summed E-state index contributed by atoms with van der Waals surface area (Å²) >= 11 is 0. The molecule has 8 nitrogen and oxygen atoms in total. The third kappa shape index (κ3) is 3.31. The van der Waals surface area contributed by atoms with Crippen LogP contribution in [0.4, 0.5) is 13.2 Å².